The van der Waals surface area contributed by atoms with E-state index in [2.05, 4.69) is 22.4 Å². The molecule has 0 bridgehead atoms. The first-order valence-electron chi connectivity index (χ1n) is 6.65. The SMILES string of the molecule is CC(CCc1ccccc1)NC(=O)c1ncccc1O. The molecule has 0 aliphatic heterocycles. The van der Waals surface area contributed by atoms with Gasteiger partial charge in [0.2, 0.25) is 0 Å². The topological polar surface area (TPSA) is 62.2 Å². The van der Waals surface area contributed by atoms with Crippen LogP contribution in [-0.4, -0.2) is 22.0 Å². The molecular formula is C16H18N2O2. The molecule has 1 aromatic carbocycles. The second-order valence-electron chi connectivity index (χ2n) is 4.77. The van der Waals surface area contributed by atoms with Crippen molar-refractivity contribution in [3.05, 3.63) is 59.9 Å². The van der Waals surface area contributed by atoms with Crippen LogP contribution in [0.3, 0.4) is 0 Å². The fourth-order valence-corrected chi connectivity index (χ4v) is 1.96. The molecule has 0 aliphatic carbocycles. The van der Waals surface area contributed by atoms with E-state index in [1.165, 1.54) is 17.8 Å². The summed E-state index contributed by atoms with van der Waals surface area (Å²) in [6.07, 6.45) is 3.23. The maximum atomic E-state index is 12.0. The Labute approximate surface area is 118 Å². The smallest absolute Gasteiger partial charge is 0.273 e. The van der Waals surface area contributed by atoms with Crippen molar-refractivity contribution in [3.8, 4) is 5.75 Å². The van der Waals surface area contributed by atoms with Gasteiger partial charge in [-0.05, 0) is 37.5 Å². The highest BCUT2D eigenvalue weighted by molar-refractivity contribution is 5.94. The Morgan fingerprint density at radius 1 is 1.25 bits per heavy atom. The fraction of sp³-hybridized carbons (Fsp3) is 0.250. The van der Waals surface area contributed by atoms with E-state index in [1.807, 2.05) is 25.1 Å². The number of amides is 1. The average Bonchev–Trinajstić information content (AvgIpc) is 2.46. The van der Waals surface area contributed by atoms with E-state index in [1.54, 1.807) is 6.07 Å². The first kappa shape index (κ1) is 14.1. The van der Waals surface area contributed by atoms with E-state index in [0.717, 1.165) is 12.8 Å². The fourth-order valence-electron chi connectivity index (χ4n) is 1.96. The van der Waals surface area contributed by atoms with Crippen LogP contribution in [0, 0.1) is 0 Å². The normalized spacial score (nSPS) is 11.8. The van der Waals surface area contributed by atoms with Crippen molar-refractivity contribution < 1.29 is 9.90 Å². The van der Waals surface area contributed by atoms with Crippen molar-refractivity contribution in [2.75, 3.05) is 0 Å². The van der Waals surface area contributed by atoms with Gasteiger partial charge in [0.05, 0.1) is 0 Å². The summed E-state index contributed by atoms with van der Waals surface area (Å²) in [7, 11) is 0. The summed E-state index contributed by atoms with van der Waals surface area (Å²) in [6.45, 7) is 1.95. The van der Waals surface area contributed by atoms with Gasteiger partial charge >= 0.3 is 0 Å². The Balaban J connectivity index is 1.87. The average molecular weight is 270 g/mol. The van der Waals surface area contributed by atoms with Gasteiger partial charge in [0.15, 0.2) is 5.69 Å². The largest absolute Gasteiger partial charge is 0.505 e. The van der Waals surface area contributed by atoms with E-state index < -0.39 is 0 Å². The summed E-state index contributed by atoms with van der Waals surface area (Å²) >= 11 is 0. The molecule has 0 fully saturated rings. The van der Waals surface area contributed by atoms with Crippen molar-refractivity contribution >= 4 is 5.91 Å². The summed E-state index contributed by atoms with van der Waals surface area (Å²) in [4.78, 5) is 15.8. The summed E-state index contributed by atoms with van der Waals surface area (Å²) in [6, 6.07) is 13.2. The van der Waals surface area contributed by atoms with E-state index >= 15 is 0 Å². The number of benzene rings is 1. The van der Waals surface area contributed by atoms with Gasteiger partial charge in [0, 0.05) is 12.2 Å². The standard InChI is InChI=1S/C16H18N2O2/c1-12(9-10-13-6-3-2-4-7-13)18-16(20)15-14(19)8-5-11-17-15/h2-8,11-12,19H,9-10H2,1H3,(H,18,20). The number of aromatic hydroxyl groups is 1. The predicted octanol–water partition coefficient (Wildman–Crippen LogP) is 2.54. The molecule has 1 unspecified atom stereocenters. The van der Waals surface area contributed by atoms with E-state index in [4.69, 9.17) is 0 Å². The molecular weight excluding hydrogens is 252 g/mol. The van der Waals surface area contributed by atoms with Crippen LogP contribution < -0.4 is 5.32 Å². The predicted molar refractivity (Wildman–Crippen MR) is 77.6 cm³/mol. The van der Waals surface area contributed by atoms with Gasteiger partial charge in [0.1, 0.15) is 5.75 Å². The van der Waals surface area contributed by atoms with Crippen LogP contribution in [0.1, 0.15) is 29.4 Å². The number of nitrogens with one attached hydrogen (secondary N) is 1. The number of pyridine rings is 1. The van der Waals surface area contributed by atoms with Crippen LogP contribution >= 0.6 is 0 Å². The summed E-state index contributed by atoms with van der Waals surface area (Å²) in [5.74, 6) is -0.441. The Morgan fingerprint density at radius 2 is 2.00 bits per heavy atom. The minimum Gasteiger partial charge on any atom is -0.505 e. The van der Waals surface area contributed by atoms with E-state index in [-0.39, 0.29) is 23.4 Å². The molecule has 0 aliphatic rings. The van der Waals surface area contributed by atoms with Gasteiger partial charge in [-0.2, -0.15) is 0 Å². The summed E-state index contributed by atoms with van der Waals surface area (Å²) in [5.41, 5.74) is 1.31. The quantitative estimate of drug-likeness (QED) is 0.877. The molecule has 0 saturated carbocycles. The molecule has 20 heavy (non-hydrogen) atoms. The Bertz CT molecular complexity index is 570. The lowest BCUT2D eigenvalue weighted by Crippen LogP contribution is -2.33. The first-order chi connectivity index (χ1) is 9.66. The monoisotopic (exact) mass is 270 g/mol. The van der Waals surface area contributed by atoms with Crippen molar-refractivity contribution in [3.63, 3.8) is 0 Å². The Morgan fingerprint density at radius 3 is 2.70 bits per heavy atom. The molecule has 0 radical (unpaired) electrons. The molecule has 4 heteroatoms. The van der Waals surface area contributed by atoms with Crippen LogP contribution in [0.15, 0.2) is 48.7 Å². The molecule has 2 N–H and O–H groups in total. The number of rotatable bonds is 5. The molecule has 104 valence electrons. The summed E-state index contributed by atoms with van der Waals surface area (Å²) in [5, 5.41) is 12.4. The third kappa shape index (κ3) is 3.82. The minimum atomic E-state index is -0.344. The third-order valence-corrected chi connectivity index (χ3v) is 3.09. The van der Waals surface area contributed by atoms with Crippen LogP contribution in [-0.2, 0) is 6.42 Å². The Kier molecular flexibility index (Phi) is 4.71. The van der Waals surface area contributed by atoms with Crippen molar-refractivity contribution in [2.45, 2.75) is 25.8 Å². The van der Waals surface area contributed by atoms with Crippen LogP contribution in [0.5, 0.6) is 5.75 Å². The van der Waals surface area contributed by atoms with Crippen LogP contribution in [0.2, 0.25) is 0 Å². The van der Waals surface area contributed by atoms with Crippen LogP contribution in [0.25, 0.3) is 0 Å². The van der Waals surface area contributed by atoms with E-state index in [9.17, 15) is 9.90 Å². The zero-order valence-corrected chi connectivity index (χ0v) is 11.4. The lowest BCUT2D eigenvalue weighted by molar-refractivity contribution is 0.0930. The molecule has 2 rings (SSSR count). The minimum absolute atomic E-state index is 0.0177. The van der Waals surface area contributed by atoms with Gasteiger partial charge in [-0.1, -0.05) is 30.3 Å². The van der Waals surface area contributed by atoms with E-state index in [0.29, 0.717) is 0 Å². The molecule has 1 aromatic heterocycles. The molecule has 1 amide bonds. The van der Waals surface area contributed by atoms with Crippen molar-refractivity contribution in [2.24, 2.45) is 0 Å². The van der Waals surface area contributed by atoms with Crippen molar-refractivity contribution in [1.82, 2.24) is 10.3 Å². The second kappa shape index (κ2) is 6.70. The lowest BCUT2D eigenvalue weighted by Gasteiger charge is -2.14. The molecule has 2 aromatic rings. The highest BCUT2D eigenvalue weighted by Crippen LogP contribution is 2.13. The van der Waals surface area contributed by atoms with Gasteiger partial charge in [-0.3, -0.25) is 4.79 Å². The van der Waals surface area contributed by atoms with Gasteiger partial charge in [0.25, 0.3) is 5.91 Å². The number of aryl methyl sites for hydroxylation is 1. The number of hydrogen-bond donors (Lipinski definition) is 2. The first-order valence-corrected chi connectivity index (χ1v) is 6.65. The highest BCUT2D eigenvalue weighted by Gasteiger charge is 2.14. The number of nitrogens with zero attached hydrogens (tertiary/aromatic N) is 1. The molecule has 0 saturated heterocycles. The van der Waals surface area contributed by atoms with Crippen molar-refractivity contribution in [1.29, 1.82) is 0 Å². The molecule has 0 spiro atoms. The number of aromatic nitrogens is 1. The van der Waals surface area contributed by atoms with Gasteiger partial charge < -0.3 is 10.4 Å². The molecule has 1 atom stereocenters. The van der Waals surface area contributed by atoms with Gasteiger partial charge in [-0.25, -0.2) is 4.98 Å². The zero-order valence-electron chi connectivity index (χ0n) is 11.4. The number of carbonyl (C=O) groups is 1. The number of carbonyl (C=O) groups excluding carboxylic acids is 1. The third-order valence-electron chi connectivity index (χ3n) is 3.09. The van der Waals surface area contributed by atoms with Gasteiger partial charge in [-0.15, -0.1) is 0 Å². The highest BCUT2D eigenvalue weighted by atomic mass is 16.3. The van der Waals surface area contributed by atoms with Crippen LogP contribution in [0.4, 0.5) is 0 Å². The lowest BCUT2D eigenvalue weighted by atomic mass is 10.1. The number of hydrogen-bond acceptors (Lipinski definition) is 3. The maximum Gasteiger partial charge on any atom is 0.273 e. The second-order valence-corrected chi connectivity index (χ2v) is 4.77. The zero-order chi connectivity index (χ0) is 14.4. The maximum absolute atomic E-state index is 12.0. The summed E-state index contributed by atoms with van der Waals surface area (Å²) < 4.78 is 0. The molecule has 1 heterocycles. The Hall–Kier alpha value is -2.36. The molecule has 4 nitrogen and oxygen atoms in total.